The van der Waals surface area contributed by atoms with Gasteiger partial charge in [0.2, 0.25) is 23.5 Å². The quantitative estimate of drug-likeness (QED) is 0.0547. The second-order valence-electron chi connectivity index (χ2n) is 23.5. The molecule has 1 aromatic rings. The molecule has 0 spiro atoms. The fraction of sp³-hybridized carbons (Fsp3) is 0.627. The molecule has 23 heteroatoms. The molecule has 7 rings (SSSR count). The van der Waals surface area contributed by atoms with E-state index in [1.165, 1.54) is 36.0 Å². The van der Waals surface area contributed by atoms with Gasteiger partial charge in [0.15, 0.2) is 24.3 Å². The number of hydrogen-bond acceptors (Lipinski definition) is 15. The van der Waals surface area contributed by atoms with E-state index in [1.807, 2.05) is 19.9 Å². The number of anilines is 1. The van der Waals surface area contributed by atoms with Crippen molar-refractivity contribution in [3.63, 3.8) is 0 Å². The third-order valence-corrected chi connectivity index (χ3v) is 17.6. The maximum Gasteiger partial charge on any atom is 0.409 e. The normalized spacial score (nSPS) is 27.5. The molecule has 4 aliphatic carbocycles. The summed E-state index contributed by atoms with van der Waals surface area (Å²) in [5, 5.41) is 22.8. The second kappa shape index (κ2) is 26.9. The van der Waals surface area contributed by atoms with E-state index in [9.17, 15) is 53.1 Å². The van der Waals surface area contributed by atoms with Crippen LogP contribution in [0.1, 0.15) is 117 Å². The van der Waals surface area contributed by atoms with E-state index in [0.717, 1.165) is 23.3 Å². The summed E-state index contributed by atoms with van der Waals surface area (Å²) in [5.41, 5.74) is 4.39. The molecule has 6 aliphatic rings. The smallest absolute Gasteiger partial charge is 0.409 e. The number of amides is 9. The Morgan fingerprint density at radius 2 is 1.57 bits per heavy atom. The van der Waals surface area contributed by atoms with Crippen molar-refractivity contribution in [2.24, 2.45) is 40.2 Å². The number of nitrogens with zero attached hydrogens (tertiary/aromatic N) is 3. The lowest BCUT2D eigenvalue weighted by molar-refractivity contribution is -0.200. The van der Waals surface area contributed by atoms with Gasteiger partial charge >= 0.3 is 18.2 Å². The number of Topliss-reactive ketones (excluding diaryl/α,β-unsaturated/α-hetero) is 1. The van der Waals surface area contributed by atoms with E-state index in [-0.39, 0.29) is 106 Å². The predicted molar refractivity (Wildman–Crippen MR) is 297 cm³/mol. The number of benzene rings is 1. The zero-order valence-corrected chi connectivity index (χ0v) is 48.2. The largest absolute Gasteiger partial charge is 0.445 e. The number of nitrogens with two attached hydrogens (primary N) is 1. The summed E-state index contributed by atoms with van der Waals surface area (Å²) in [5.74, 6) is -3.28. The fourth-order valence-corrected chi connectivity index (χ4v) is 13.2. The molecule has 1 saturated heterocycles. The molecule has 4 fully saturated rings. The number of allylic oxidation sites excluding steroid dienone is 4. The molecule has 1 aromatic carbocycles. The van der Waals surface area contributed by atoms with Crippen LogP contribution in [0, 0.1) is 34.5 Å². The Kier molecular flexibility index (Phi) is 20.6. The Morgan fingerprint density at radius 1 is 0.890 bits per heavy atom. The Labute approximate surface area is 478 Å². The number of aliphatic hydroxyl groups is 1. The van der Waals surface area contributed by atoms with Crippen molar-refractivity contribution in [1.82, 2.24) is 30.7 Å². The SMILES string of the molecule is CCCC1O[C@H]2C[C@H]3C4CCC5=CC(=O)C=C[C@]5(C)[C@H]4[C@@H](O)C[C@]3(C)[C@]2(C(=O)COC(=O)N(C)CCN(C)C(=O)OCc2ccc(NC(=O)[C@H](CCCNC(N)=O)NC(=O)[C@@H](NC(=O)CCCCCN3C(=O)C=CC3=O)C(C)C)cc2)O1. The Balaban J connectivity index is 0.863. The molecular weight excluding hydrogens is 1060 g/mol. The zero-order valence-electron chi connectivity index (χ0n) is 48.2. The third-order valence-electron chi connectivity index (χ3n) is 17.6. The molecule has 0 radical (unpaired) electrons. The minimum absolute atomic E-state index is 0.0251. The fourth-order valence-electron chi connectivity index (χ4n) is 13.2. The number of rotatable bonds is 26. The number of carbonyl (C=O) groups excluding carboxylic acids is 10. The molecule has 3 saturated carbocycles. The van der Waals surface area contributed by atoms with Crippen molar-refractivity contribution in [1.29, 1.82) is 0 Å². The summed E-state index contributed by atoms with van der Waals surface area (Å²) in [6, 6.07) is 3.65. The first-order chi connectivity index (χ1) is 38.9. The molecule has 9 amide bonds. The van der Waals surface area contributed by atoms with Gasteiger partial charge in [0.25, 0.3) is 11.8 Å². The first-order valence-corrected chi connectivity index (χ1v) is 28.7. The van der Waals surface area contributed by atoms with Gasteiger partial charge in [-0.2, -0.15) is 0 Å². The lowest BCUT2D eigenvalue weighted by Crippen LogP contribution is -2.63. The molecule has 82 heavy (non-hydrogen) atoms. The Hall–Kier alpha value is -6.98. The highest BCUT2D eigenvalue weighted by Crippen LogP contribution is 2.69. The first-order valence-electron chi connectivity index (χ1n) is 28.7. The first kappa shape index (κ1) is 62.6. The van der Waals surface area contributed by atoms with E-state index in [2.05, 4.69) is 28.2 Å². The predicted octanol–water partition coefficient (Wildman–Crippen LogP) is 4.56. The number of urea groups is 1. The third kappa shape index (κ3) is 13.9. The van der Waals surface area contributed by atoms with Crippen LogP contribution < -0.4 is 27.0 Å². The Morgan fingerprint density at radius 3 is 2.23 bits per heavy atom. The lowest BCUT2D eigenvalue weighted by Gasteiger charge is -2.59. The second-order valence-corrected chi connectivity index (χ2v) is 23.5. The number of hydrogen-bond donors (Lipinski definition) is 6. The number of ether oxygens (including phenoxy) is 4. The maximum atomic E-state index is 14.7. The number of imide groups is 1. The van der Waals surface area contributed by atoms with Crippen LogP contribution in [0.5, 0.6) is 0 Å². The van der Waals surface area contributed by atoms with Crippen molar-refractivity contribution in [3.8, 4) is 0 Å². The van der Waals surface area contributed by atoms with Gasteiger partial charge in [0, 0.05) is 81.3 Å². The van der Waals surface area contributed by atoms with E-state index in [0.29, 0.717) is 49.8 Å². The van der Waals surface area contributed by atoms with Crippen LogP contribution >= 0.6 is 0 Å². The van der Waals surface area contributed by atoms with Gasteiger partial charge in [-0.3, -0.25) is 38.5 Å². The number of nitrogens with one attached hydrogen (secondary N) is 4. The zero-order chi connectivity index (χ0) is 59.7. The highest BCUT2D eigenvalue weighted by Gasteiger charge is 2.76. The van der Waals surface area contributed by atoms with Crippen molar-refractivity contribution < 1.29 is 72.0 Å². The lowest BCUT2D eigenvalue weighted by atomic mass is 9.46. The molecular formula is C59H82N8O15. The molecule has 2 aliphatic heterocycles. The number of unbranched alkanes of at least 4 members (excludes halogenated alkanes) is 2. The summed E-state index contributed by atoms with van der Waals surface area (Å²) in [4.78, 5) is 132. The average Bonchev–Trinajstić information content (AvgIpc) is 1.55. The number of likely N-dealkylation sites (N-methyl/N-ethyl adjacent to an activating group) is 2. The average molecular weight is 1140 g/mol. The van der Waals surface area contributed by atoms with E-state index >= 15 is 0 Å². The van der Waals surface area contributed by atoms with Gasteiger partial charge in [-0.15, -0.1) is 0 Å². The van der Waals surface area contributed by atoms with Gasteiger partial charge in [-0.25, -0.2) is 14.4 Å². The number of carbonyl (C=O) groups is 10. The van der Waals surface area contributed by atoms with Crippen LogP contribution in [0.2, 0.25) is 0 Å². The molecule has 2 unspecified atom stereocenters. The molecule has 448 valence electrons. The van der Waals surface area contributed by atoms with E-state index in [1.54, 1.807) is 50.3 Å². The molecule has 0 bridgehead atoms. The van der Waals surface area contributed by atoms with Crippen molar-refractivity contribution in [3.05, 3.63) is 65.8 Å². The molecule has 11 atom stereocenters. The topological polar surface area (TPSA) is 312 Å². The highest BCUT2D eigenvalue weighted by molar-refractivity contribution is 6.12. The van der Waals surface area contributed by atoms with Crippen LogP contribution in [-0.4, -0.2) is 162 Å². The van der Waals surface area contributed by atoms with Gasteiger partial charge in [-0.05, 0) is 105 Å². The molecule has 0 aromatic heterocycles. The Bertz CT molecular complexity index is 2680. The summed E-state index contributed by atoms with van der Waals surface area (Å²) < 4.78 is 24.4. The van der Waals surface area contributed by atoms with E-state index < -0.39 is 89.4 Å². The summed E-state index contributed by atoms with van der Waals surface area (Å²) >= 11 is 0. The summed E-state index contributed by atoms with van der Waals surface area (Å²) in [6.45, 7) is 9.35. The molecule has 2 heterocycles. The number of aliphatic hydroxyl groups excluding tert-OH is 1. The van der Waals surface area contributed by atoms with Crippen molar-refractivity contribution in [2.45, 2.75) is 154 Å². The number of primary amides is 1. The minimum atomic E-state index is -1.46. The van der Waals surface area contributed by atoms with Gasteiger partial charge < -0.3 is 60.9 Å². The highest BCUT2D eigenvalue weighted by atomic mass is 16.7. The number of fused-ring (bicyclic) bond motifs is 7. The molecule has 7 N–H and O–H groups in total. The standard InChI is InChI=1S/C59H82N8O15/c1-8-13-49-81-45-31-41-40-21-18-37-30-39(68)24-25-57(37,4)50(40)43(69)32-58(41,5)59(45,82-49)44(70)34-80-56(78)66(7)29-28-65(6)55(77)79-33-36-16-19-38(20-17-36)62-52(74)42(14-12-26-61-54(60)76)63-53(75)51(35(2)3)64-46(71)15-10-9-11-27-67-47(72)22-23-48(67)73/h16-17,19-20,22-25,30,35,40-43,45,49-51,69H,8-15,18,21,26-29,31-34H2,1-7H3,(H,62,74)(H,63,75)(H,64,71)(H3,60,61,76)/t40?,41-,42-,43-,45-,49?,50+,51-,57-,58-,59+/m0/s1. The van der Waals surface area contributed by atoms with Gasteiger partial charge in [0.1, 0.15) is 18.7 Å². The monoisotopic (exact) mass is 1140 g/mol. The summed E-state index contributed by atoms with van der Waals surface area (Å²) in [6.07, 6.45) is 9.77. The van der Waals surface area contributed by atoms with Crippen LogP contribution in [0.3, 0.4) is 0 Å². The van der Waals surface area contributed by atoms with Crippen LogP contribution in [-0.2, 0) is 59.1 Å². The molecule has 23 nitrogen and oxygen atoms in total. The van der Waals surface area contributed by atoms with Crippen LogP contribution in [0.4, 0.5) is 20.1 Å². The van der Waals surface area contributed by atoms with Crippen LogP contribution in [0.25, 0.3) is 0 Å². The van der Waals surface area contributed by atoms with Gasteiger partial charge in [0.05, 0.1) is 12.2 Å². The van der Waals surface area contributed by atoms with Crippen LogP contribution in [0.15, 0.2) is 60.2 Å². The minimum Gasteiger partial charge on any atom is -0.445 e. The van der Waals surface area contributed by atoms with Crippen molar-refractivity contribution in [2.75, 3.05) is 52.2 Å². The van der Waals surface area contributed by atoms with E-state index in [4.69, 9.17) is 24.7 Å². The number of ketones is 2. The maximum absolute atomic E-state index is 14.7. The van der Waals surface area contributed by atoms with Gasteiger partial charge in [-0.1, -0.05) is 71.2 Å². The summed E-state index contributed by atoms with van der Waals surface area (Å²) in [7, 11) is 2.99. The van der Waals surface area contributed by atoms with Crippen molar-refractivity contribution >= 4 is 65.0 Å².